The van der Waals surface area contributed by atoms with E-state index >= 15 is 0 Å². The molecule has 1 heteroatoms. The zero-order valence-corrected chi connectivity index (χ0v) is 11.4. The quantitative estimate of drug-likeness (QED) is 0.615. The van der Waals surface area contributed by atoms with Gasteiger partial charge in [-0.15, -0.1) is 0 Å². The van der Waals surface area contributed by atoms with E-state index in [4.69, 9.17) is 0 Å². The smallest absolute Gasteiger partial charge is 0.00924 e. The Bertz CT molecular complexity index is 101. The Morgan fingerprint density at radius 1 is 1.07 bits per heavy atom. The fraction of sp³-hybridized carbons (Fsp3) is 1.00. The molecule has 0 amide bonds. The molecule has 1 aliphatic heterocycles. The van der Waals surface area contributed by atoms with Gasteiger partial charge >= 0.3 is 0 Å². The highest BCUT2D eigenvalue weighted by Gasteiger charge is 2.22. The Morgan fingerprint density at radius 3 is 1.93 bits per heavy atom. The molecule has 14 heavy (non-hydrogen) atoms. The van der Waals surface area contributed by atoms with Gasteiger partial charge in [-0.2, -0.15) is 0 Å². The van der Waals surface area contributed by atoms with Crippen molar-refractivity contribution in [2.24, 2.45) is 5.92 Å². The molecule has 1 saturated heterocycles. The molecule has 1 rings (SSSR count). The predicted octanol–water partition coefficient (Wildman–Crippen LogP) is 4.18. The lowest BCUT2D eigenvalue weighted by atomic mass is 9.92. The van der Waals surface area contributed by atoms with Gasteiger partial charge in [0.05, 0.1) is 0 Å². The number of piperidine rings is 1. The van der Waals surface area contributed by atoms with E-state index < -0.39 is 0 Å². The Balaban J connectivity index is 0. The monoisotopic (exact) mass is 201 g/mol. The van der Waals surface area contributed by atoms with Gasteiger partial charge in [-0.05, 0) is 38.8 Å². The molecule has 1 aliphatic rings. The highest BCUT2D eigenvalue weighted by atomic mass is 15.2. The third-order valence-corrected chi connectivity index (χ3v) is 2.91. The van der Waals surface area contributed by atoms with E-state index in [1.54, 1.807) is 0 Å². The van der Waals surface area contributed by atoms with E-state index in [1.165, 1.54) is 25.9 Å². The fourth-order valence-corrected chi connectivity index (χ4v) is 1.87. The third kappa shape index (κ3) is 5.64. The molecule has 0 saturated carbocycles. The van der Waals surface area contributed by atoms with Gasteiger partial charge in [-0.25, -0.2) is 0 Å². The van der Waals surface area contributed by atoms with Gasteiger partial charge in [0, 0.05) is 6.04 Å². The van der Waals surface area contributed by atoms with Gasteiger partial charge in [-0.3, -0.25) is 0 Å². The van der Waals surface area contributed by atoms with Gasteiger partial charge in [0.15, 0.2) is 0 Å². The van der Waals surface area contributed by atoms with Gasteiger partial charge < -0.3 is 4.90 Å². The molecule has 0 spiro atoms. The minimum absolute atomic E-state index is 0.818. The summed E-state index contributed by atoms with van der Waals surface area (Å²) in [4.78, 5) is 2.58. The summed E-state index contributed by atoms with van der Waals surface area (Å²) in [6.45, 7) is 17.5. The maximum Gasteiger partial charge on any atom is 0.00924 e. The topological polar surface area (TPSA) is 3.24 Å². The first-order valence-corrected chi connectivity index (χ1v) is 6.49. The highest BCUT2D eigenvalue weighted by Crippen LogP contribution is 2.21. The summed E-state index contributed by atoms with van der Waals surface area (Å²) in [7, 11) is 0. The number of hydrogen-bond acceptors (Lipinski definition) is 1. The van der Waals surface area contributed by atoms with Crippen LogP contribution in [0.5, 0.6) is 0 Å². The molecule has 1 heterocycles. The minimum Gasteiger partial charge on any atom is -0.301 e. The highest BCUT2D eigenvalue weighted by molar-refractivity contribution is 4.77. The summed E-state index contributed by atoms with van der Waals surface area (Å²) in [5.74, 6) is 0.911. The zero-order valence-electron chi connectivity index (χ0n) is 11.4. The van der Waals surface area contributed by atoms with Crippen molar-refractivity contribution in [1.29, 1.82) is 0 Å². The van der Waals surface area contributed by atoms with Gasteiger partial charge in [0.2, 0.25) is 0 Å². The van der Waals surface area contributed by atoms with Crippen LogP contribution in [0.3, 0.4) is 0 Å². The van der Waals surface area contributed by atoms with Crippen LogP contribution in [0, 0.1) is 5.92 Å². The molecule has 0 aromatic heterocycles. The molecule has 2 atom stereocenters. The van der Waals surface area contributed by atoms with Crippen LogP contribution in [0.1, 0.15) is 61.3 Å². The minimum atomic E-state index is 0.818. The number of nitrogens with zero attached hydrogens (tertiary/aromatic N) is 1. The molecule has 0 radical (unpaired) electrons. The first kappa shape index (κ1) is 16.4. The maximum absolute atomic E-state index is 2.58. The summed E-state index contributed by atoms with van der Waals surface area (Å²) in [6, 6.07) is 0.818. The second-order valence-electron chi connectivity index (χ2n) is 3.49. The molecule has 0 aromatic carbocycles. The molecule has 88 valence electrons. The SMILES string of the molecule is CC.CC.CCN1CCCC(C)C1C. The first-order chi connectivity index (χ1) is 6.75. The van der Waals surface area contributed by atoms with Gasteiger partial charge in [0.25, 0.3) is 0 Å². The van der Waals surface area contributed by atoms with Crippen molar-refractivity contribution in [3.05, 3.63) is 0 Å². The molecule has 0 aromatic rings. The van der Waals surface area contributed by atoms with Gasteiger partial charge in [-0.1, -0.05) is 41.5 Å². The normalized spacial score (nSPS) is 26.8. The third-order valence-electron chi connectivity index (χ3n) is 2.91. The van der Waals surface area contributed by atoms with Crippen LogP contribution in [0.4, 0.5) is 0 Å². The summed E-state index contributed by atoms with van der Waals surface area (Å²) in [5, 5.41) is 0. The van der Waals surface area contributed by atoms with Crippen LogP contribution in [0.25, 0.3) is 0 Å². The lowest BCUT2D eigenvalue weighted by molar-refractivity contribution is 0.120. The Labute approximate surface area is 91.9 Å². The summed E-state index contributed by atoms with van der Waals surface area (Å²) >= 11 is 0. The van der Waals surface area contributed by atoms with E-state index in [-0.39, 0.29) is 0 Å². The van der Waals surface area contributed by atoms with E-state index in [0.29, 0.717) is 0 Å². The standard InChI is InChI=1S/C9H19N.2C2H6/c1-4-10-7-5-6-8(2)9(10)3;2*1-2/h8-9H,4-7H2,1-3H3;2*1-2H3. The van der Waals surface area contributed by atoms with Crippen molar-refractivity contribution in [2.45, 2.75) is 67.3 Å². The second kappa shape index (κ2) is 11.0. The van der Waals surface area contributed by atoms with Crippen molar-refractivity contribution in [3.63, 3.8) is 0 Å². The Hall–Kier alpha value is -0.0400. The molecule has 0 N–H and O–H groups in total. The Kier molecular flexibility index (Phi) is 12.9. The largest absolute Gasteiger partial charge is 0.301 e. The fourth-order valence-electron chi connectivity index (χ4n) is 1.87. The van der Waals surface area contributed by atoms with Crippen LogP contribution in [-0.2, 0) is 0 Å². The first-order valence-electron chi connectivity index (χ1n) is 6.49. The van der Waals surface area contributed by atoms with Crippen molar-refractivity contribution in [1.82, 2.24) is 4.90 Å². The summed E-state index contributed by atoms with van der Waals surface area (Å²) < 4.78 is 0. The van der Waals surface area contributed by atoms with Crippen LogP contribution in [-0.4, -0.2) is 24.0 Å². The molecular formula is C13H31N. The predicted molar refractivity (Wildman–Crippen MR) is 67.8 cm³/mol. The Morgan fingerprint density at radius 2 is 1.57 bits per heavy atom. The summed E-state index contributed by atoms with van der Waals surface area (Å²) in [6.07, 6.45) is 2.83. The zero-order chi connectivity index (χ0) is 11.6. The molecule has 2 unspecified atom stereocenters. The van der Waals surface area contributed by atoms with E-state index in [9.17, 15) is 0 Å². The van der Waals surface area contributed by atoms with Crippen LogP contribution in [0.2, 0.25) is 0 Å². The van der Waals surface area contributed by atoms with E-state index in [1.807, 2.05) is 27.7 Å². The average molecular weight is 201 g/mol. The molecular weight excluding hydrogens is 170 g/mol. The maximum atomic E-state index is 2.58. The lowest BCUT2D eigenvalue weighted by Crippen LogP contribution is -2.41. The van der Waals surface area contributed by atoms with Crippen molar-refractivity contribution in [2.75, 3.05) is 13.1 Å². The van der Waals surface area contributed by atoms with Gasteiger partial charge in [0.1, 0.15) is 0 Å². The number of hydrogen-bond donors (Lipinski definition) is 0. The summed E-state index contributed by atoms with van der Waals surface area (Å²) in [5.41, 5.74) is 0. The molecule has 1 nitrogen and oxygen atoms in total. The van der Waals surface area contributed by atoms with E-state index in [0.717, 1.165) is 12.0 Å². The average Bonchev–Trinajstić information content (AvgIpc) is 2.28. The lowest BCUT2D eigenvalue weighted by Gasteiger charge is -2.37. The van der Waals surface area contributed by atoms with Crippen molar-refractivity contribution in [3.8, 4) is 0 Å². The molecule has 1 fully saturated rings. The van der Waals surface area contributed by atoms with Crippen LogP contribution in [0.15, 0.2) is 0 Å². The van der Waals surface area contributed by atoms with Crippen molar-refractivity contribution >= 4 is 0 Å². The number of likely N-dealkylation sites (tertiary alicyclic amines) is 1. The number of rotatable bonds is 1. The van der Waals surface area contributed by atoms with E-state index in [2.05, 4.69) is 25.7 Å². The second-order valence-corrected chi connectivity index (χ2v) is 3.49. The molecule has 0 bridgehead atoms. The molecule has 0 aliphatic carbocycles. The van der Waals surface area contributed by atoms with Crippen LogP contribution < -0.4 is 0 Å². The van der Waals surface area contributed by atoms with Crippen LogP contribution >= 0.6 is 0 Å². The van der Waals surface area contributed by atoms with Crippen molar-refractivity contribution < 1.29 is 0 Å².